The lowest BCUT2D eigenvalue weighted by atomic mass is 10.2. The quantitative estimate of drug-likeness (QED) is 0.647. The number of amidine groups is 1. The average Bonchev–Trinajstić information content (AvgIpc) is 2.43. The summed E-state index contributed by atoms with van der Waals surface area (Å²) in [5.41, 5.74) is 5.39. The van der Waals surface area contributed by atoms with E-state index in [1.54, 1.807) is 44.4 Å². The summed E-state index contributed by atoms with van der Waals surface area (Å²) in [6.45, 7) is 3.39. The molecule has 0 spiro atoms. The third-order valence-electron chi connectivity index (χ3n) is 3.13. The summed E-state index contributed by atoms with van der Waals surface area (Å²) >= 11 is 0. The normalized spacial score (nSPS) is 12.2. The molecule has 0 amide bonds. The van der Waals surface area contributed by atoms with Crippen LogP contribution in [0.5, 0.6) is 0 Å². The Morgan fingerprint density at radius 3 is 2.71 bits per heavy atom. The van der Waals surface area contributed by atoms with Gasteiger partial charge in [0.25, 0.3) is 0 Å². The number of rotatable bonds is 5. The maximum Gasteiger partial charge on any atom is 0.244 e. The molecule has 1 aromatic carbocycles. The molecular weight excluding hydrogens is 288 g/mol. The zero-order chi connectivity index (χ0) is 15.6. The molecule has 3 N–H and O–H groups in total. The van der Waals surface area contributed by atoms with Gasteiger partial charge in [-0.3, -0.25) is 10.4 Å². The highest BCUT2D eigenvalue weighted by Crippen LogP contribution is 2.26. The van der Waals surface area contributed by atoms with Crippen LogP contribution in [0.25, 0.3) is 10.8 Å². The summed E-state index contributed by atoms with van der Waals surface area (Å²) in [4.78, 5) is 4.21. The largest absolute Gasteiger partial charge is 0.387 e. The Morgan fingerprint density at radius 2 is 2.10 bits per heavy atom. The third-order valence-corrected chi connectivity index (χ3v) is 5.21. The molecule has 21 heavy (non-hydrogen) atoms. The van der Waals surface area contributed by atoms with E-state index in [0.717, 1.165) is 5.39 Å². The van der Waals surface area contributed by atoms with E-state index in [1.807, 2.05) is 6.07 Å². The number of fused-ring (bicyclic) bond motifs is 1. The molecule has 7 heteroatoms. The van der Waals surface area contributed by atoms with E-state index in [4.69, 9.17) is 11.1 Å². The summed E-state index contributed by atoms with van der Waals surface area (Å²) in [6, 6.07) is 6.44. The molecule has 0 saturated heterocycles. The van der Waals surface area contributed by atoms with Crippen molar-refractivity contribution in [3.8, 4) is 0 Å². The third kappa shape index (κ3) is 3.03. The number of pyridine rings is 1. The van der Waals surface area contributed by atoms with Crippen molar-refractivity contribution < 1.29 is 8.42 Å². The summed E-state index contributed by atoms with van der Waals surface area (Å²) in [5, 5.41) is 8.75. The topological polar surface area (TPSA) is 100 Å². The number of nitrogens with two attached hydrogens (primary N) is 1. The van der Waals surface area contributed by atoms with Gasteiger partial charge in [-0.05, 0) is 26.0 Å². The van der Waals surface area contributed by atoms with Crippen molar-refractivity contribution in [2.75, 3.05) is 6.54 Å². The van der Waals surface area contributed by atoms with Crippen LogP contribution < -0.4 is 5.73 Å². The Balaban J connectivity index is 2.62. The number of hydrogen-bond acceptors (Lipinski definition) is 4. The lowest BCUT2D eigenvalue weighted by Crippen LogP contribution is -2.42. The van der Waals surface area contributed by atoms with Crippen LogP contribution in [0.15, 0.2) is 41.6 Å². The summed E-state index contributed by atoms with van der Waals surface area (Å²) in [6.07, 6.45) is 3.19. The predicted molar refractivity (Wildman–Crippen MR) is 82.7 cm³/mol. The van der Waals surface area contributed by atoms with E-state index in [0.29, 0.717) is 5.39 Å². The number of nitrogens with one attached hydrogen (secondary N) is 1. The maximum atomic E-state index is 12.9. The SMILES string of the molecule is CC(C)N(CC(=N)N)S(=O)(=O)c1cccc2cnccc12. The molecule has 0 aliphatic rings. The van der Waals surface area contributed by atoms with Crippen LogP contribution in [-0.4, -0.2) is 36.1 Å². The Labute approximate surface area is 124 Å². The monoisotopic (exact) mass is 306 g/mol. The van der Waals surface area contributed by atoms with Crippen LogP contribution in [0, 0.1) is 5.41 Å². The maximum absolute atomic E-state index is 12.9. The molecule has 0 radical (unpaired) electrons. The minimum atomic E-state index is -3.74. The molecule has 0 bridgehead atoms. The second-order valence-electron chi connectivity index (χ2n) is 5.02. The molecule has 0 aliphatic heterocycles. The number of aromatic nitrogens is 1. The predicted octanol–water partition coefficient (Wildman–Crippen LogP) is 1.57. The van der Waals surface area contributed by atoms with Crippen LogP contribution in [0.1, 0.15) is 13.8 Å². The van der Waals surface area contributed by atoms with E-state index in [9.17, 15) is 8.42 Å². The summed E-state index contributed by atoms with van der Waals surface area (Å²) in [7, 11) is -3.74. The number of sulfonamides is 1. The fourth-order valence-electron chi connectivity index (χ4n) is 2.16. The molecule has 0 aliphatic carbocycles. The van der Waals surface area contributed by atoms with Crippen LogP contribution in [-0.2, 0) is 10.0 Å². The molecule has 2 aromatic rings. The highest BCUT2D eigenvalue weighted by Gasteiger charge is 2.28. The van der Waals surface area contributed by atoms with Crippen LogP contribution in [0.4, 0.5) is 0 Å². The van der Waals surface area contributed by atoms with Gasteiger partial charge in [-0.25, -0.2) is 8.42 Å². The second kappa shape index (κ2) is 5.79. The first-order valence-corrected chi connectivity index (χ1v) is 7.95. The van der Waals surface area contributed by atoms with Crippen molar-refractivity contribution in [3.05, 3.63) is 36.7 Å². The minimum Gasteiger partial charge on any atom is -0.387 e. The van der Waals surface area contributed by atoms with Gasteiger partial charge in [0.2, 0.25) is 10.0 Å². The van der Waals surface area contributed by atoms with E-state index in [1.165, 1.54) is 4.31 Å². The van der Waals surface area contributed by atoms with Gasteiger partial charge < -0.3 is 5.73 Å². The van der Waals surface area contributed by atoms with Gasteiger partial charge in [0.05, 0.1) is 11.4 Å². The number of hydrogen-bond donors (Lipinski definition) is 2. The standard InChI is InChI=1S/C14H18N4O2S/c1-10(2)18(9-14(15)16)21(19,20)13-5-3-4-11-8-17-7-6-12(11)13/h3-8,10H,9H2,1-2H3,(H3,15,16). The van der Waals surface area contributed by atoms with E-state index in [-0.39, 0.29) is 23.3 Å². The molecule has 1 aromatic heterocycles. The molecule has 0 saturated carbocycles. The molecule has 2 rings (SSSR count). The molecule has 1 heterocycles. The lowest BCUT2D eigenvalue weighted by molar-refractivity contribution is 0.389. The average molecular weight is 306 g/mol. The first-order chi connectivity index (χ1) is 9.84. The molecule has 0 unspecified atom stereocenters. The zero-order valence-corrected chi connectivity index (χ0v) is 12.8. The molecule has 0 atom stereocenters. The Hall–Kier alpha value is -1.99. The Kier molecular flexibility index (Phi) is 4.24. The zero-order valence-electron chi connectivity index (χ0n) is 11.9. The molecular formula is C14H18N4O2S. The lowest BCUT2D eigenvalue weighted by Gasteiger charge is -2.25. The smallest absolute Gasteiger partial charge is 0.244 e. The minimum absolute atomic E-state index is 0.124. The first kappa shape index (κ1) is 15.4. The summed E-state index contributed by atoms with van der Waals surface area (Å²) < 4.78 is 27.0. The van der Waals surface area contributed by atoms with E-state index in [2.05, 4.69) is 4.98 Å². The van der Waals surface area contributed by atoms with Gasteiger partial charge in [0.15, 0.2) is 0 Å². The Bertz CT molecular complexity index is 766. The van der Waals surface area contributed by atoms with Crippen molar-refractivity contribution in [3.63, 3.8) is 0 Å². The van der Waals surface area contributed by atoms with Crippen molar-refractivity contribution >= 4 is 26.6 Å². The fourth-order valence-corrected chi connectivity index (χ4v) is 3.99. The molecule has 0 fully saturated rings. The molecule has 6 nitrogen and oxygen atoms in total. The van der Waals surface area contributed by atoms with Gasteiger partial charge in [0, 0.05) is 29.2 Å². The fraction of sp³-hybridized carbons (Fsp3) is 0.286. The first-order valence-electron chi connectivity index (χ1n) is 6.51. The van der Waals surface area contributed by atoms with Gasteiger partial charge in [-0.2, -0.15) is 4.31 Å². The highest BCUT2D eigenvalue weighted by atomic mass is 32.2. The van der Waals surface area contributed by atoms with Gasteiger partial charge in [-0.15, -0.1) is 0 Å². The van der Waals surface area contributed by atoms with Crippen molar-refractivity contribution in [1.82, 2.24) is 9.29 Å². The number of benzene rings is 1. The van der Waals surface area contributed by atoms with E-state index < -0.39 is 10.0 Å². The number of nitrogens with zero attached hydrogens (tertiary/aromatic N) is 2. The van der Waals surface area contributed by atoms with Gasteiger partial charge >= 0.3 is 0 Å². The van der Waals surface area contributed by atoms with Crippen LogP contribution in [0.3, 0.4) is 0 Å². The van der Waals surface area contributed by atoms with Crippen molar-refractivity contribution in [1.29, 1.82) is 5.41 Å². The second-order valence-corrected chi connectivity index (χ2v) is 6.88. The van der Waals surface area contributed by atoms with Crippen LogP contribution in [0.2, 0.25) is 0 Å². The van der Waals surface area contributed by atoms with Crippen molar-refractivity contribution in [2.24, 2.45) is 5.73 Å². The summed E-state index contributed by atoms with van der Waals surface area (Å²) in [5.74, 6) is -0.186. The van der Waals surface area contributed by atoms with Gasteiger partial charge in [0.1, 0.15) is 5.84 Å². The van der Waals surface area contributed by atoms with Gasteiger partial charge in [-0.1, -0.05) is 12.1 Å². The van der Waals surface area contributed by atoms with Crippen LogP contribution >= 0.6 is 0 Å². The van der Waals surface area contributed by atoms with E-state index >= 15 is 0 Å². The molecule has 112 valence electrons. The highest BCUT2D eigenvalue weighted by molar-refractivity contribution is 7.89. The Morgan fingerprint density at radius 1 is 1.38 bits per heavy atom. The van der Waals surface area contributed by atoms with Crippen molar-refractivity contribution in [2.45, 2.75) is 24.8 Å².